The first-order valence-electron chi connectivity index (χ1n) is 5.81. The van der Waals surface area contributed by atoms with Gasteiger partial charge in [0, 0.05) is 11.9 Å². The minimum absolute atomic E-state index is 0.0957. The number of nitrogens with zero attached hydrogens (tertiary/aromatic N) is 3. The molecule has 5 nitrogen and oxygen atoms in total. The van der Waals surface area contributed by atoms with E-state index in [1.807, 2.05) is 25.1 Å². The number of anilines is 2. The molecule has 0 atom stereocenters. The Labute approximate surface area is 114 Å². The summed E-state index contributed by atoms with van der Waals surface area (Å²) in [7, 11) is 0. The molecule has 0 aliphatic rings. The van der Waals surface area contributed by atoms with E-state index in [-0.39, 0.29) is 6.61 Å². The smallest absolute Gasteiger partial charge is 0.227 e. The first-order chi connectivity index (χ1) is 9.24. The summed E-state index contributed by atoms with van der Waals surface area (Å²) < 4.78 is 1.16. The lowest BCUT2D eigenvalue weighted by atomic mass is 10.3. The summed E-state index contributed by atoms with van der Waals surface area (Å²) in [6.45, 7) is 1.90. The quantitative estimate of drug-likeness (QED) is 0.767. The van der Waals surface area contributed by atoms with Crippen molar-refractivity contribution in [3.8, 4) is 0 Å². The second kappa shape index (κ2) is 4.91. The normalized spacial score (nSPS) is 10.8. The van der Waals surface area contributed by atoms with Crippen LogP contribution in [-0.4, -0.2) is 20.1 Å². The molecule has 2 heterocycles. The van der Waals surface area contributed by atoms with Crippen molar-refractivity contribution in [3.63, 3.8) is 0 Å². The van der Waals surface area contributed by atoms with Crippen molar-refractivity contribution in [1.29, 1.82) is 0 Å². The van der Waals surface area contributed by atoms with Crippen LogP contribution in [0.15, 0.2) is 30.5 Å². The average Bonchev–Trinajstić information content (AvgIpc) is 2.78. The Balaban J connectivity index is 1.91. The number of thiazole rings is 1. The Kier molecular flexibility index (Phi) is 3.10. The molecule has 0 unspecified atom stereocenters. The van der Waals surface area contributed by atoms with Crippen LogP contribution in [-0.2, 0) is 6.61 Å². The van der Waals surface area contributed by atoms with E-state index in [1.54, 1.807) is 23.6 Å². The minimum Gasteiger partial charge on any atom is -0.390 e. The molecule has 96 valence electrons. The maximum Gasteiger partial charge on any atom is 0.227 e. The molecule has 1 aromatic carbocycles. The lowest BCUT2D eigenvalue weighted by Gasteiger charge is -2.05. The summed E-state index contributed by atoms with van der Waals surface area (Å²) in [4.78, 5) is 12.7. The van der Waals surface area contributed by atoms with E-state index in [4.69, 9.17) is 5.11 Å². The molecular formula is C13H12N4OS. The minimum atomic E-state index is -0.0957. The van der Waals surface area contributed by atoms with Gasteiger partial charge in [-0.15, -0.1) is 11.3 Å². The number of aliphatic hydroxyl groups is 1. The predicted molar refractivity (Wildman–Crippen MR) is 75.6 cm³/mol. The van der Waals surface area contributed by atoms with E-state index in [9.17, 15) is 0 Å². The maximum absolute atomic E-state index is 9.05. The van der Waals surface area contributed by atoms with Gasteiger partial charge in [0.1, 0.15) is 0 Å². The molecule has 0 amide bonds. The van der Waals surface area contributed by atoms with E-state index in [2.05, 4.69) is 20.3 Å². The predicted octanol–water partition coefficient (Wildman–Crippen LogP) is 2.63. The zero-order valence-corrected chi connectivity index (χ0v) is 11.1. The molecule has 0 fully saturated rings. The summed E-state index contributed by atoms with van der Waals surface area (Å²) in [6, 6.07) is 7.64. The fourth-order valence-corrected chi connectivity index (χ4v) is 2.60. The van der Waals surface area contributed by atoms with Gasteiger partial charge in [0.25, 0.3) is 0 Å². The summed E-state index contributed by atoms with van der Waals surface area (Å²) in [6.07, 6.45) is 1.62. The van der Waals surface area contributed by atoms with Gasteiger partial charge in [0.05, 0.1) is 27.5 Å². The highest BCUT2D eigenvalue weighted by molar-refractivity contribution is 7.18. The van der Waals surface area contributed by atoms with Crippen molar-refractivity contribution in [2.24, 2.45) is 0 Å². The Morgan fingerprint density at radius 3 is 3.00 bits per heavy atom. The van der Waals surface area contributed by atoms with E-state index >= 15 is 0 Å². The lowest BCUT2D eigenvalue weighted by Crippen LogP contribution is -1.99. The van der Waals surface area contributed by atoms with Crippen LogP contribution in [0.2, 0.25) is 0 Å². The fraction of sp³-hybridized carbons (Fsp3) is 0.154. The maximum atomic E-state index is 9.05. The highest BCUT2D eigenvalue weighted by Crippen LogP contribution is 2.25. The number of nitrogens with one attached hydrogen (secondary N) is 1. The number of fused-ring (bicyclic) bond motifs is 1. The number of aromatic nitrogens is 3. The van der Waals surface area contributed by atoms with Crippen LogP contribution in [0.3, 0.4) is 0 Å². The number of hydrogen-bond donors (Lipinski definition) is 2. The van der Waals surface area contributed by atoms with Crippen LogP contribution in [0.25, 0.3) is 10.2 Å². The summed E-state index contributed by atoms with van der Waals surface area (Å²) in [5.41, 5.74) is 2.43. The standard InChI is InChI=1S/C13H12N4OS/c1-8-15-11-6-9(2-3-12(11)19-8)16-13-14-5-4-10(7-18)17-13/h2-6,18H,7H2,1H3,(H,14,16,17). The van der Waals surface area contributed by atoms with Gasteiger partial charge in [0.15, 0.2) is 0 Å². The van der Waals surface area contributed by atoms with Gasteiger partial charge in [-0.25, -0.2) is 15.0 Å². The van der Waals surface area contributed by atoms with Crippen molar-refractivity contribution in [2.75, 3.05) is 5.32 Å². The fourth-order valence-electron chi connectivity index (χ4n) is 1.79. The molecule has 3 rings (SSSR count). The van der Waals surface area contributed by atoms with Crippen LogP contribution >= 0.6 is 11.3 Å². The zero-order valence-electron chi connectivity index (χ0n) is 10.3. The van der Waals surface area contributed by atoms with Gasteiger partial charge in [-0.3, -0.25) is 0 Å². The van der Waals surface area contributed by atoms with Gasteiger partial charge in [0.2, 0.25) is 5.95 Å². The van der Waals surface area contributed by atoms with Crippen molar-refractivity contribution >= 4 is 33.2 Å². The highest BCUT2D eigenvalue weighted by atomic mass is 32.1. The Morgan fingerprint density at radius 2 is 2.16 bits per heavy atom. The average molecular weight is 272 g/mol. The summed E-state index contributed by atoms with van der Waals surface area (Å²) in [5, 5.41) is 13.2. The molecule has 2 N–H and O–H groups in total. The van der Waals surface area contributed by atoms with Crippen molar-refractivity contribution in [3.05, 3.63) is 41.2 Å². The van der Waals surface area contributed by atoms with Crippen LogP contribution in [0.5, 0.6) is 0 Å². The Morgan fingerprint density at radius 1 is 1.26 bits per heavy atom. The van der Waals surface area contributed by atoms with Gasteiger partial charge in [-0.2, -0.15) is 0 Å². The van der Waals surface area contributed by atoms with Crippen LogP contribution in [0, 0.1) is 6.92 Å². The third kappa shape index (κ3) is 2.54. The van der Waals surface area contributed by atoms with Crippen LogP contribution in [0.4, 0.5) is 11.6 Å². The molecule has 0 saturated heterocycles. The summed E-state index contributed by atoms with van der Waals surface area (Å²) >= 11 is 1.67. The van der Waals surface area contributed by atoms with Crippen LogP contribution in [0.1, 0.15) is 10.7 Å². The number of benzene rings is 1. The third-order valence-electron chi connectivity index (χ3n) is 2.63. The number of hydrogen-bond acceptors (Lipinski definition) is 6. The molecule has 0 aliphatic heterocycles. The molecule has 3 aromatic rings. The SMILES string of the molecule is Cc1nc2cc(Nc3nccc(CO)n3)ccc2s1. The number of aliphatic hydroxyl groups excluding tert-OH is 1. The molecular weight excluding hydrogens is 260 g/mol. The van der Waals surface area contributed by atoms with Gasteiger partial charge in [-0.05, 0) is 31.2 Å². The van der Waals surface area contributed by atoms with Crippen molar-refractivity contribution in [1.82, 2.24) is 15.0 Å². The first-order valence-corrected chi connectivity index (χ1v) is 6.63. The zero-order chi connectivity index (χ0) is 13.2. The third-order valence-corrected chi connectivity index (χ3v) is 3.58. The first kappa shape index (κ1) is 12.0. The van der Waals surface area contributed by atoms with Gasteiger partial charge < -0.3 is 10.4 Å². The van der Waals surface area contributed by atoms with Crippen LogP contribution < -0.4 is 5.32 Å². The van der Waals surface area contributed by atoms with Gasteiger partial charge >= 0.3 is 0 Å². The molecule has 0 aliphatic carbocycles. The number of aryl methyl sites for hydroxylation is 1. The van der Waals surface area contributed by atoms with E-state index < -0.39 is 0 Å². The Bertz CT molecular complexity index is 725. The molecule has 19 heavy (non-hydrogen) atoms. The van der Waals surface area contributed by atoms with E-state index in [0.717, 1.165) is 20.9 Å². The Hall–Kier alpha value is -2.05. The molecule has 0 spiro atoms. The summed E-state index contributed by atoms with van der Waals surface area (Å²) in [5.74, 6) is 0.470. The monoisotopic (exact) mass is 272 g/mol. The van der Waals surface area contributed by atoms with E-state index in [1.165, 1.54) is 0 Å². The van der Waals surface area contributed by atoms with Crippen molar-refractivity contribution < 1.29 is 5.11 Å². The molecule has 6 heteroatoms. The molecule has 2 aromatic heterocycles. The molecule has 0 saturated carbocycles. The second-order valence-corrected chi connectivity index (χ2v) is 5.30. The second-order valence-electron chi connectivity index (χ2n) is 4.07. The lowest BCUT2D eigenvalue weighted by molar-refractivity contribution is 0.277. The number of rotatable bonds is 3. The van der Waals surface area contributed by atoms with Crippen molar-refractivity contribution in [2.45, 2.75) is 13.5 Å². The largest absolute Gasteiger partial charge is 0.390 e. The highest BCUT2D eigenvalue weighted by Gasteiger charge is 2.03. The topological polar surface area (TPSA) is 70.9 Å². The molecule has 0 radical (unpaired) electrons. The van der Waals surface area contributed by atoms with Gasteiger partial charge in [-0.1, -0.05) is 0 Å². The van der Waals surface area contributed by atoms with E-state index in [0.29, 0.717) is 11.6 Å². The molecule has 0 bridgehead atoms.